The molecule has 0 bridgehead atoms. The van der Waals surface area contributed by atoms with Gasteiger partial charge in [0.25, 0.3) is 0 Å². The molecule has 1 unspecified atom stereocenters. The molecule has 1 aliphatic heterocycles. The van der Waals surface area contributed by atoms with E-state index in [0.29, 0.717) is 6.04 Å². The first kappa shape index (κ1) is 13.3. The Balaban J connectivity index is 2.36. The summed E-state index contributed by atoms with van der Waals surface area (Å²) < 4.78 is 0. The minimum Gasteiger partial charge on any atom is -0.271 e. The second kappa shape index (κ2) is 7.53. The predicted octanol–water partition coefficient (Wildman–Crippen LogP) is 2.79. The lowest BCUT2D eigenvalue weighted by Gasteiger charge is -2.30. The summed E-state index contributed by atoms with van der Waals surface area (Å²) >= 11 is 2.10. The summed E-state index contributed by atoms with van der Waals surface area (Å²) in [5, 5.41) is 0. The van der Waals surface area contributed by atoms with Crippen molar-refractivity contribution in [2.45, 2.75) is 52.0 Å². The third kappa shape index (κ3) is 4.33. The van der Waals surface area contributed by atoms with Crippen LogP contribution in [0.15, 0.2) is 0 Å². The van der Waals surface area contributed by atoms with Gasteiger partial charge in [0.15, 0.2) is 0 Å². The molecule has 3 heteroatoms. The second-order valence-electron chi connectivity index (χ2n) is 4.64. The number of thioether (sulfide) groups is 1. The van der Waals surface area contributed by atoms with E-state index >= 15 is 0 Å². The fourth-order valence-corrected chi connectivity index (χ4v) is 3.80. The van der Waals surface area contributed by atoms with Gasteiger partial charge in [0.2, 0.25) is 0 Å². The van der Waals surface area contributed by atoms with Gasteiger partial charge in [-0.3, -0.25) is 11.3 Å². The van der Waals surface area contributed by atoms with Crippen LogP contribution in [-0.2, 0) is 0 Å². The van der Waals surface area contributed by atoms with Gasteiger partial charge in [0.1, 0.15) is 0 Å². The van der Waals surface area contributed by atoms with Crippen molar-refractivity contribution >= 4 is 11.8 Å². The lowest BCUT2D eigenvalue weighted by Crippen LogP contribution is -2.42. The van der Waals surface area contributed by atoms with Crippen LogP contribution >= 0.6 is 11.8 Å². The SMILES string of the molecule is CCC(CC)C(CC1CCSCC1)NN. The fraction of sp³-hybridized carbons (Fsp3) is 1.00. The lowest BCUT2D eigenvalue weighted by molar-refractivity contribution is 0.272. The van der Waals surface area contributed by atoms with Gasteiger partial charge in [0.05, 0.1) is 0 Å². The summed E-state index contributed by atoms with van der Waals surface area (Å²) in [6.45, 7) is 4.55. The fourth-order valence-electron chi connectivity index (χ4n) is 2.60. The monoisotopic (exact) mass is 230 g/mol. The maximum Gasteiger partial charge on any atom is 0.0241 e. The van der Waals surface area contributed by atoms with Crippen LogP contribution in [0.2, 0.25) is 0 Å². The Morgan fingerprint density at radius 1 is 1.27 bits per heavy atom. The van der Waals surface area contributed by atoms with Crippen LogP contribution in [0.25, 0.3) is 0 Å². The van der Waals surface area contributed by atoms with Crippen LogP contribution in [0.5, 0.6) is 0 Å². The zero-order valence-electron chi connectivity index (χ0n) is 10.2. The van der Waals surface area contributed by atoms with E-state index < -0.39 is 0 Å². The molecule has 0 aromatic heterocycles. The molecule has 0 amide bonds. The van der Waals surface area contributed by atoms with Crippen LogP contribution in [0.4, 0.5) is 0 Å². The van der Waals surface area contributed by atoms with Gasteiger partial charge in [-0.1, -0.05) is 26.7 Å². The molecule has 1 saturated heterocycles. The molecule has 15 heavy (non-hydrogen) atoms. The van der Waals surface area contributed by atoms with Gasteiger partial charge in [-0.05, 0) is 42.6 Å². The summed E-state index contributed by atoms with van der Waals surface area (Å²) in [5.74, 6) is 10.1. The Morgan fingerprint density at radius 2 is 1.87 bits per heavy atom. The van der Waals surface area contributed by atoms with E-state index in [4.69, 9.17) is 5.84 Å². The second-order valence-corrected chi connectivity index (χ2v) is 5.87. The smallest absolute Gasteiger partial charge is 0.0241 e. The highest BCUT2D eigenvalue weighted by Gasteiger charge is 2.22. The van der Waals surface area contributed by atoms with E-state index in [0.717, 1.165) is 11.8 Å². The predicted molar refractivity (Wildman–Crippen MR) is 69.8 cm³/mol. The van der Waals surface area contributed by atoms with Crippen LogP contribution in [0, 0.1) is 11.8 Å². The molecule has 2 nitrogen and oxygen atoms in total. The molecule has 0 radical (unpaired) electrons. The van der Waals surface area contributed by atoms with E-state index in [1.165, 1.54) is 43.6 Å². The van der Waals surface area contributed by atoms with Crippen LogP contribution < -0.4 is 11.3 Å². The molecular formula is C12H26N2S. The van der Waals surface area contributed by atoms with Crippen molar-refractivity contribution in [3.63, 3.8) is 0 Å². The molecule has 3 N–H and O–H groups in total. The van der Waals surface area contributed by atoms with E-state index in [1.54, 1.807) is 0 Å². The van der Waals surface area contributed by atoms with Crippen molar-refractivity contribution in [1.82, 2.24) is 5.43 Å². The number of nitrogens with one attached hydrogen (secondary N) is 1. The topological polar surface area (TPSA) is 38.0 Å². The van der Waals surface area contributed by atoms with Gasteiger partial charge >= 0.3 is 0 Å². The summed E-state index contributed by atoms with van der Waals surface area (Å²) in [6, 6.07) is 0.535. The van der Waals surface area contributed by atoms with Crippen molar-refractivity contribution in [3.8, 4) is 0 Å². The summed E-state index contributed by atoms with van der Waals surface area (Å²) in [6.07, 6.45) is 6.55. The van der Waals surface area contributed by atoms with E-state index in [-0.39, 0.29) is 0 Å². The average molecular weight is 230 g/mol. The largest absolute Gasteiger partial charge is 0.271 e. The summed E-state index contributed by atoms with van der Waals surface area (Å²) in [7, 11) is 0. The average Bonchev–Trinajstić information content (AvgIpc) is 2.30. The molecule has 1 heterocycles. The van der Waals surface area contributed by atoms with Crippen LogP contribution in [0.3, 0.4) is 0 Å². The van der Waals surface area contributed by atoms with Crippen molar-refractivity contribution in [2.75, 3.05) is 11.5 Å². The zero-order valence-corrected chi connectivity index (χ0v) is 11.0. The number of hydrazine groups is 1. The normalized spacial score (nSPS) is 20.8. The Hall–Kier alpha value is 0.270. The molecule has 1 fully saturated rings. The molecule has 90 valence electrons. The maximum atomic E-state index is 5.69. The van der Waals surface area contributed by atoms with Gasteiger partial charge in [0, 0.05) is 6.04 Å². The number of hydrogen-bond donors (Lipinski definition) is 2. The first-order valence-corrected chi connectivity index (χ1v) is 7.51. The highest BCUT2D eigenvalue weighted by atomic mass is 32.2. The van der Waals surface area contributed by atoms with Crippen molar-refractivity contribution in [3.05, 3.63) is 0 Å². The Kier molecular flexibility index (Phi) is 6.69. The molecule has 0 aliphatic carbocycles. The zero-order chi connectivity index (χ0) is 11.1. The van der Waals surface area contributed by atoms with Crippen molar-refractivity contribution < 1.29 is 0 Å². The highest BCUT2D eigenvalue weighted by Crippen LogP contribution is 2.29. The van der Waals surface area contributed by atoms with E-state index in [1.807, 2.05) is 0 Å². The summed E-state index contributed by atoms with van der Waals surface area (Å²) in [4.78, 5) is 0. The molecule has 1 aliphatic rings. The molecule has 0 aromatic carbocycles. The number of rotatable bonds is 6. The highest BCUT2D eigenvalue weighted by molar-refractivity contribution is 7.99. The maximum absolute atomic E-state index is 5.69. The summed E-state index contributed by atoms with van der Waals surface area (Å²) in [5.41, 5.74) is 3.04. The van der Waals surface area contributed by atoms with Gasteiger partial charge in [-0.25, -0.2) is 0 Å². The number of hydrogen-bond acceptors (Lipinski definition) is 3. The standard InChI is InChI=1S/C12H26N2S/c1-3-11(4-2)12(14-13)9-10-5-7-15-8-6-10/h10-12,14H,3-9,13H2,1-2H3. The first-order chi connectivity index (χ1) is 7.31. The minimum atomic E-state index is 0.535. The van der Waals surface area contributed by atoms with Gasteiger partial charge in [-0.2, -0.15) is 11.8 Å². The van der Waals surface area contributed by atoms with Crippen LogP contribution in [-0.4, -0.2) is 17.5 Å². The molecule has 0 saturated carbocycles. The molecular weight excluding hydrogens is 204 g/mol. The molecule has 1 atom stereocenters. The van der Waals surface area contributed by atoms with Crippen LogP contribution in [0.1, 0.15) is 46.0 Å². The molecule has 1 rings (SSSR count). The first-order valence-electron chi connectivity index (χ1n) is 6.35. The third-order valence-corrected chi connectivity index (χ3v) is 4.81. The lowest BCUT2D eigenvalue weighted by atomic mass is 9.85. The Labute approximate surface area is 98.7 Å². The van der Waals surface area contributed by atoms with Gasteiger partial charge in [-0.15, -0.1) is 0 Å². The number of nitrogens with two attached hydrogens (primary N) is 1. The Bertz CT molecular complexity index is 154. The molecule has 0 spiro atoms. The quantitative estimate of drug-likeness (QED) is 0.544. The Morgan fingerprint density at radius 3 is 2.33 bits per heavy atom. The van der Waals surface area contributed by atoms with Gasteiger partial charge < -0.3 is 0 Å². The van der Waals surface area contributed by atoms with Crippen molar-refractivity contribution in [1.29, 1.82) is 0 Å². The third-order valence-electron chi connectivity index (χ3n) is 3.76. The molecule has 0 aromatic rings. The van der Waals surface area contributed by atoms with Crippen molar-refractivity contribution in [2.24, 2.45) is 17.7 Å². The van der Waals surface area contributed by atoms with E-state index in [2.05, 4.69) is 31.0 Å². The van der Waals surface area contributed by atoms with E-state index in [9.17, 15) is 0 Å². The minimum absolute atomic E-state index is 0.535.